The van der Waals surface area contributed by atoms with Crippen molar-refractivity contribution in [1.29, 1.82) is 0 Å². The summed E-state index contributed by atoms with van der Waals surface area (Å²) in [6.07, 6.45) is 0. The number of rotatable bonds is 4. The van der Waals surface area contributed by atoms with Gasteiger partial charge in [-0.1, -0.05) is 22.0 Å². The summed E-state index contributed by atoms with van der Waals surface area (Å²) in [7, 11) is 2.06. The van der Waals surface area contributed by atoms with Crippen LogP contribution in [0.15, 0.2) is 40.2 Å². The van der Waals surface area contributed by atoms with Crippen LogP contribution in [0.3, 0.4) is 0 Å². The zero-order chi connectivity index (χ0) is 13.1. The van der Waals surface area contributed by atoms with E-state index in [0.717, 1.165) is 15.7 Å². The quantitative estimate of drug-likeness (QED) is 0.910. The van der Waals surface area contributed by atoms with Crippen LogP contribution >= 0.6 is 27.3 Å². The first-order valence-corrected chi connectivity index (χ1v) is 7.46. The predicted octanol–water partition coefficient (Wildman–Crippen LogP) is 4.20. The van der Waals surface area contributed by atoms with E-state index in [0.29, 0.717) is 6.04 Å². The summed E-state index contributed by atoms with van der Waals surface area (Å²) in [6, 6.07) is 10.5. The molecule has 0 aliphatic rings. The van der Waals surface area contributed by atoms with Gasteiger partial charge in [0.25, 0.3) is 0 Å². The van der Waals surface area contributed by atoms with Gasteiger partial charge in [0.2, 0.25) is 0 Å². The first kappa shape index (κ1) is 13.6. The predicted molar refractivity (Wildman–Crippen MR) is 81.2 cm³/mol. The highest BCUT2D eigenvalue weighted by atomic mass is 79.9. The van der Waals surface area contributed by atoms with Gasteiger partial charge in [-0.15, -0.1) is 11.3 Å². The van der Waals surface area contributed by atoms with Crippen LogP contribution in [0.1, 0.15) is 23.4 Å². The van der Waals surface area contributed by atoms with E-state index >= 15 is 0 Å². The maximum atomic E-state index is 9.46. The average Bonchev–Trinajstić information content (AvgIpc) is 2.90. The third-order valence-corrected chi connectivity index (χ3v) is 4.66. The number of halogens is 1. The zero-order valence-electron chi connectivity index (χ0n) is 10.4. The number of benzene rings is 1. The van der Waals surface area contributed by atoms with Crippen molar-refractivity contribution in [3.05, 3.63) is 50.6 Å². The molecule has 0 amide bonds. The number of aliphatic hydroxyl groups excluding tert-OH is 1. The van der Waals surface area contributed by atoms with Gasteiger partial charge in [0.15, 0.2) is 0 Å². The SMILES string of the molecule is CC(c1cccs1)N(C)c1ccc(Br)cc1CO. The molecule has 2 nitrogen and oxygen atoms in total. The summed E-state index contributed by atoms with van der Waals surface area (Å²) in [5.41, 5.74) is 2.01. The third kappa shape index (κ3) is 2.76. The molecular formula is C14H16BrNOS. The molecule has 1 aromatic carbocycles. The minimum atomic E-state index is 0.0519. The Morgan fingerprint density at radius 1 is 1.39 bits per heavy atom. The molecule has 0 bridgehead atoms. The first-order chi connectivity index (χ1) is 8.63. The van der Waals surface area contributed by atoms with Crippen molar-refractivity contribution >= 4 is 33.0 Å². The second-order valence-corrected chi connectivity index (χ2v) is 6.13. The monoisotopic (exact) mass is 325 g/mol. The van der Waals surface area contributed by atoms with Gasteiger partial charge >= 0.3 is 0 Å². The molecule has 1 N–H and O–H groups in total. The average molecular weight is 326 g/mol. The van der Waals surface area contributed by atoms with Crippen LogP contribution in [-0.2, 0) is 6.61 Å². The number of hydrogen-bond donors (Lipinski definition) is 1. The zero-order valence-corrected chi connectivity index (χ0v) is 12.8. The standard InChI is InChI=1S/C14H16BrNOS/c1-10(14-4-3-7-18-14)16(2)13-6-5-12(15)8-11(13)9-17/h3-8,10,17H,9H2,1-2H3. The van der Waals surface area contributed by atoms with Gasteiger partial charge in [-0.2, -0.15) is 0 Å². The van der Waals surface area contributed by atoms with Gasteiger partial charge in [-0.3, -0.25) is 0 Å². The molecule has 4 heteroatoms. The lowest BCUT2D eigenvalue weighted by molar-refractivity contribution is 0.282. The maximum absolute atomic E-state index is 9.46. The van der Waals surface area contributed by atoms with Gasteiger partial charge in [0.05, 0.1) is 12.6 Å². The Bertz CT molecular complexity index is 513. The van der Waals surface area contributed by atoms with Gasteiger partial charge in [0.1, 0.15) is 0 Å². The molecule has 1 aromatic heterocycles. The Morgan fingerprint density at radius 3 is 2.78 bits per heavy atom. The van der Waals surface area contributed by atoms with Crippen molar-refractivity contribution in [3.63, 3.8) is 0 Å². The number of nitrogens with zero attached hydrogens (tertiary/aromatic N) is 1. The van der Waals surface area contributed by atoms with Crippen molar-refractivity contribution in [2.45, 2.75) is 19.6 Å². The minimum Gasteiger partial charge on any atom is -0.392 e. The van der Waals surface area contributed by atoms with E-state index in [2.05, 4.69) is 52.3 Å². The van der Waals surface area contributed by atoms with Crippen LogP contribution in [0, 0.1) is 0 Å². The molecule has 0 spiro atoms. The number of hydrogen-bond acceptors (Lipinski definition) is 3. The fraction of sp³-hybridized carbons (Fsp3) is 0.286. The summed E-state index contributed by atoms with van der Waals surface area (Å²) in [5.74, 6) is 0. The molecule has 0 fully saturated rings. The summed E-state index contributed by atoms with van der Waals surface area (Å²) < 4.78 is 0.993. The van der Waals surface area contributed by atoms with E-state index < -0.39 is 0 Å². The fourth-order valence-corrected chi connectivity index (χ4v) is 3.19. The van der Waals surface area contributed by atoms with E-state index in [9.17, 15) is 5.11 Å². The van der Waals surface area contributed by atoms with Crippen molar-refractivity contribution in [3.8, 4) is 0 Å². The minimum absolute atomic E-state index is 0.0519. The summed E-state index contributed by atoms with van der Waals surface area (Å²) in [4.78, 5) is 3.52. The molecule has 1 unspecified atom stereocenters. The number of aliphatic hydroxyl groups is 1. The Kier molecular flexibility index (Phi) is 4.43. The lowest BCUT2D eigenvalue weighted by atomic mass is 10.1. The van der Waals surface area contributed by atoms with Crippen LogP contribution in [0.25, 0.3) is 0 Å². The lowest BCUT2D eigenvalue weighted by Crippen LogP contribution is -2.22. The van der Waals surface area contributed by atoms with Crippen molar-refractivity contribution < 1.29 is 5.11 Å². The van der Waals surface area contributed by atoms with Crippen molar-refractivity contribution in [2.75, 3.05) is 11.9 Å². The molecule has 18 heavy (non-hydrogen) atoms. The smallest absolute Gasteiger partial charge is 0.0702 e. The first-order valence-electron chi connectivity index (χ1n) is 5.79. The second kappa shape index (κ2) is 5.87. The van der Waals surface area contributed by atoms with Crippen LogP contribution in [0.4, 0.5) is 5.69 Å². The summed E-state index contributed by atoms with van der Waals surface area (Å²) in [5, 5.41) is 11.6. The van der Waals surface area contributed by atoms with E-state index in [-0.39, 0.29) is 6.61 Å². The summed E-state index contributed by atoms with van der Waals surface area (Å²) in [6.45, 7) is 2.23. The Balaban J connectivity index is 2.31. The molecular weight excluding hydrogens is 310 g/mol. The second-order valence-electron chi connectivity index (χ2n) is 4.23. The molecule has 2 aromatic rings. The van der Waals surface area contributed by atoms with E-state index in [1.165, 1.54) is 4.88 Å². The van der Waals surface area contributed by atoms with Gasteiger partial charge in [-0.25, -0.2) is 0 Å². The van der Waals surface area contributed by atoms with Crippen LogP contribution in [-0.4, -0.2) is 12.2 Å². The van der Waals surface area contributed by atoms with Gasteiger partial charge in [-0.05, 0) is 36.6 Å². The molecule has 96 valence electrons. The molecule has 0 aliphatic heterocycles. The Labute approximate surface area is 120 Å². The van der Waals surface area contributed by atoms with E-state index in [4.69, 9.17) is 0 Å². The largest absolute Gasteiger partial charge is 0.392 e. The molecule has 1 atom stereocenters. The Morgan fingerprint density at radius 2 is 2.17 bits per heavy atom. The molecule has 1 heterocycles. The van der Waals surface area contributed by atoms with Crippen LogP contribution in [0.2, 0.25) is 0 Å². The van der Waals surface area contributed by atoms with Crippen LogP contribution < -0.4 is 4.90 Å². The topological polar surface area (TPSA) is 23.5 Å². The van der Waals surface area contributed by atoms with E-state index in [1.54, 1.807) is 11.3 Å². The molecule has 0 saturated carbocycles. The molecule has 0 radical (unpaired) electrons. The van der Waals surface area contributed by atoms with E-state index in [1.807, 2.05) is 18.2 Å². The Hall–Kier alpha value is -0.840. The van der Waals surface area contributed by atoms with Gasteiger partial charge in [0, 0.05) is 27.6 Å². The maximum Gasteiger partial charge on any atom is 0.0702 e. The van der Waals surface area contributed by atoms with Crippen molar-refractivity contribution in [1.82, 2.24) is 0 Å². The van der Waals surface area contributed by atoms with Gasteiger partial charge < -0.3 is 10.0 Å². The number of anilines is 1. The van der Waals surface area contributed by atoms with Crippen LogP contribution in [0.5, 0.6) is 0 Å². The number of thiophene rings is 1. The highest BCUT2D eigenvalue weighted by Gasteiger charge is 2.15. The van der Waals surface area contributed by atoms with Crippen molar-refractivity contribution in [2.24, 2.45) is 0 Å². The summed E-state index contributed by atoms with van der Waals surface area (Å²) >= 11 is 5.19. The molecule has 0 aliphatic carbocycles. The lowest BCUT2D eigenvalue weighted by Gasteiger charge is -2.28. The third-order valence-electron chi connectivity index (χ3n) is 3.13. The highest BCUT2D eigenvalue weighted by molar-refractivity contribution is 9.10. The molecule has 2 rings (SSSR count). The fourth-order valence-electron chi connectivity index (χ4n) is 1.95. The normalized spacial score (nSPS) is 12.4. The highest BCUT2D eigenvalue weighted by Crippen LogP contribution is 2.31. The molecule has 0 saturated heterocycles.